The molecule has 0 atom stereocenters. The fraction of sp³-hybridized carbons (Fsp3) is 0.250. The van der Waals surface area contributed by atoms with E-state index in [4.69, 9.17) is 21.1 Å². The summed E-state index contributed by atoms with van der Waals surface area (Å²) in [6.45, 7) is 7.48. The molecule has 0 bridgehead atoms. The van der Waals surface area contributed by atoms with E-state index in [9.17, 15) is 9.59 Å². The largest absolute Gasteiger partial charge is 0.484 e. The maximum absolute atomic E-state index is 12.7. The Balaban J connectivity index is 1.83. The van der Waals surface area contributed by atoms with Crippen LogP contribution in [0.1, 0.15) is 33.3 Å². The molecule has 31 heavy (non-hydrogen) atoms. The van der Waals surface area contributed by atoms with E-state index < -0.39 is 5.97 Å². The molecule has 1 heterocycles. The lowest BCUT2D eigenvalue weighted by Crippen LogP contribution is -2.21. The van der Waals surface area contributed by atoms with Crippen LogP contribution in [0.2, 0.25) is 5.02 Å². The quantitative estimate of drug-likeness (QED) is 0.430. The van der Waals surface area contributed by atoms with Gasteiger partial charge in [0.15, 0.2) is 6.61 Å². The predicted octanol–water partition coefficient (Wildman–Crippen LogP) is 6.19. The zero-order valence-electron chi connectivity index (χ0n) is 17.9. The molecule has 0 aliphatic carbocycles. The number of benzene rings is 2. The van der Waals surface area contributed by atoms with Gasteiger partial charge < -0.3 is 14.8 Å². The van der Waals surface area contributed by atoms with Crippen LogP contribution in [-0.4, -0.2) is 25.1 Å². The first-order chi connectivity index (χ1) is 14.8. The molecule has 1 N–H and O–H groups in total. The Kier molecular flexibility index (Phi) is 7.36. The summed E-state index contributed by atoms with van der Waals surface area (Å²) in [5.41, 5.74) is 3.78. The molecular weight excluding hydrogens is 434 g/mol. The second-order valence-electron chi connectivity index (χ2n) is 7.03. The molecule has 0 unspecified atom stereocenters. The molecule has 0 radical (unpaired) electrons. The van der Waals surface area contributed by atoms with E-state index in [1.54, 1.807) is 19.1 Å². The number of amides is 1. The van der Waals surface area contributed by atoms with Crippen molar-refractivity contribution in [2.24, 2.45) is 0 Å². The minimum atomic E-state index is -0.467. The Morgan fingerprint density at radius 2 is 1.71 bits per heavy atom. The number of thiophene rings is 1. The molecule has 162 valence electrons. The number of halogens is 1. The zero-order chi connectivity index (χ0) is 22.5. The smallest absolute Gasteiger partial charge is 0.341 e. The molecule has 3 aromatic rings. The van der Waals surface area contributed by atoms with E-state index in [-0.39, 0.29) is 19.1 Å². The van der Waals surface area contributed by atoms with Gasteiger partial charge in [-0.05, 0) is 56.5 Å². The maximum Gasteiger partial charge on any atom is 0.341 e. The molecule has 5 nitrogen and oxygen atoms in total. The Labute approximate surface area is 191 Å². The van der Waals surface area contributed by atoms with E-state index >= 15 is 0 Å². The predicted molar refractivity (Wildman–Crippen MR) is 125 cm³/mol. The van der Waals surface area contributed by atoms with Gasteiger partial charge in [0, 0.05) is 15.5 Å². The van der Waals surface area contributed by atoms with Crippen LogP contribution >= 0.6 is 22.9 Å². The summed E-state index contributed by atoms with van der Waals surface area (Å²) in [6.07, 6.45) is 0. The van der Waals surface area contributed by atoms with Crippen LogP contribution in [0.25, 0.3) is 11.1 Å². The van der Waals surface area contributed by atoms with Crippen LogP contribution in [-0.2, 0) is 9.53 Å². The van der Waals surface area contributed by atoms with Gasteiger partial charge in [-0.2, -0.15) is 0 Å². The van der Waals surface area contributed by atoms with Gasteiger partial charge in [-0.15, -0.1) is 11.3 Å². The fourth-order valence-electron chi connectivity index (χ4n) is 3.28. The van der Waals surface area contributed by atoms with Crippen molar-refractivity contribution in [1.82, 2.24) is 0 Å². The van der Waals surface area contributed by atoms with Crippen molar-refractivity contribution in [3.63, 3.8) is 0 Å². The van der Waals surface area contributed by atoms with E-state index in [0.29, 0.717) is 21.3 Å². The van der Waals surface area contributed by atoms with E-state index in [1.807, 2.05) is 51.1 Å². The van der Waals surface area contributed by atoms with Crippen molar-refractivity contribution < 1.29 is 19.1 Å². The third-order valence-corrected chi connectivity index (χ3v) is 6.28. The Morgan fingerprint density at radius 3 is 2.32 bits per heavy atom. The Hall–Kier alpha value is -2.83. The number of hydrogen-bond donors (Lipinski definition) is 1. The highest BCUT2D eigenvalue weighted by Gasteiger charge is 2.25. The molecule has 0 spiro atoms. The highest BCUT2D eigenvalue weighted by Crippen LogP contribution is 2.40. The van der Waals surface area contributed by atoms with E-state index in [2.05, 4.69) is 5.32 Å². The van der Waals surface area contributed by atoms with Crippen LogP contribution < -0.4 is 10.1 Å². The first-order valence-corrected chi connectivity index (χ1v) is 11.1. The van der Waals surface area contributed by atoms with Crippen LogP contribution in [0.15, 0.2) is 42.5 Å². The van der Waals surface area contributed by atoms with Crippen molar-refractivity contribution in [1.29, 1.82) is 0 Å². The monoisotopic (exact) mass is 457 g/mol. The second kappa shape index (κ2) is 9.98. The lowest BCUT2D eigenvalue weighted by molar-refractivity contribution is -0.118. The highest BCUT2D eigenvalue weighted by molar-refractivity contribution is 7.17. The summed E-state index contributed by atoms with van der Waals surface area (Å²) in [6, 6.07) is 13.2. The number of carbonyl (C=O) groups excluding carboxylic acids is 2. The third-order valence-electron chi connectivity index (χ3n) is 4.66. The lowest BCUT2D eigenvalue weighted by Gasteiger charge is -2.11. The highest BCUT2D eigenvalue weighted by atomic mass is 35.5. The Bertz CT molecular complexity index is 1090. The standard InChI is InChI=1S/C24H24ClNO4S/c1-5-29-24(28)21-20(17-9-7-6-8-10-17)16(4)31-23(21)26-19(27)13-30-18-11-14(2)22(25)15(3)12-18/h6-12H,5,13H2,1-4H3,(H,26,27). The summed E-state index contributed by atoms with van der Waals surface area (Å²) in [4.78, 5) is 26.2. The first kappa shape index (κ1) is 22.8. The summed E-state index contributed by atoms with van der Waals surface area (Å²) in [5, 5.41) is 3.95. The Morgan fingerprint density at radius 1 is 1.06 bits per heavy atom. The van der Waals surface area contributed by atoms with Gasteiger partial charge in [-0.3, -0.25) is 4.79 Å². The maximum atomic E-state index is 12.7. The van der Waals surface area contributed by atoms with Crippen LogP contribution in [0.3, 0.4) is 0 Å². The number of anilines is 1. The molecule has 0 aliphatic heterocycles. The fourth-order valence-corrected chi connectivity index (χ4v) is 4.47. The number of nitrogens with one attached hydrogen (secondary N) is 1. The summed E-state index contributed by atoms with van der Waals surface area (Å²) >= 11 is 7.52. The molecule has 7 heteroatoms. The first-order valence-electron chi connectivity index (χ1n) is 9.87. The van der Waals surface area contributed by atoms with E-state index in [1.165, 1.54) is 11.3 Å². The lowest BCUT2D eigenvalue weighted by atomic mass is 10.0. The molecule has 1 amide bonds. The van der Waals surface area contributed by atoms with Crippen LogP contribution in [0.4, 0.5) is 5.00 Å². The van der Waals surface area contributed by atoms with Gasteiger partial charge in [0.2, 0.25) is 0 Å². The van der Waals surface area contributed by atoms with Crippen molar-refractivity contribution in [3.8, 4) is 16.9 Å². The summed E-state index contributed by atoms with van der Waals surface area (Å²) in [7, 11) is 0. The van der Waals surface area contributed by atoms with Gasteiger partial charge >= 0.3 is 5.97 Å². The second-order valence-corrected chi connectivity index (χ2v) is 8.63. The number of esters is 1. The molecular formula is C24H24ClNO4S. The van der Waals surface area contributed by atoms with Gasteiger partial charge in [-0.1, -0.05) is 41.9 Å². The van der Waals surface area contributed by atoms with Gasteiger partial charge in [0.1, 0.15) is 16.3 Å². The number of rotatable bonds is 7. The van der Waals surface area contributed by atoms with Crippen molar-refractivity contribution >= 4 is 39.8 Å². The number of carbonyl (C=O) groups is 2. The van der Waals surface area contributed by atoms with Crippen LogP contribution in [0, 0.1) is 20.8 Å². The minimum absolute atomic E-state index is 0.194. The number of hydrogen-bond acceptors (Lipinski definition) is 5. The topological polar surface area (TPSA) is 64.6 Å². The third kappa shape index (κ3) is 5.27. The summed E-state index contributed by atoms with van der Waals surface area (Å²) < 4.78 is 10.9. The average Bonchev–Trinajstić information content (AvgIpc) is 3.06. The molecule has 1 aromatic heterocycles. The van der Waals surface area contributed by atoms with Crippen molar-refractivity contribution in [2.45, 2.75) is 27.7 Å². The van der Waals surface area contributed by atoms with Gasteiger partial charge in [0.05, 0.1) is 6.61 Å². The molecule has 0 saturated heterocycles. The molecule has 0 saturated carbocycles. The van der Waals surface area contributed by atoms with Gasteiger partial charge in [-0.25, -0.2) is 4.79 Å². The normalized spacial score (nSPS) is 10.6. The molecule has 3 rings (SSSR count). The summed E-state index contributed by atoms with van der Waals surface area (Å²) in [5.74, 6) is -0.268. The van der Waals surface area contributed by atoms with Crippen molar-refractivity contribution in [2.75, 3.05) is 18.5 Å². The zero-order valence-corrected chi connectivity index (χ0v) is 19.4. The van der Waals surface area contributed by atoms with E-state index in [0.717, 1.165) is 27.1 Å². The minimum Gasteiger partial charge on any atom is -0.484 e. The number of ether oxygens (including phenoxy) is 2. The average molecular weight is 458 g/mol. The number of aryl methyl sites for hydroxylation is 3. The van der Waals surface area contributed by atoms with Crippen LogP contribution in [0.5, 0.6) is 5.75 Å². The van der Waals surface area contributed by atoms with Crippen molar-refractivity contribution in [3.05, 3.63) is 69.1 Å². The molecule has 0 aliphatic rings. The SMILES string of the molecule is CCOC(=O)c1c(NC(=O)COc2cc(C)c(Cl)c(C)c2)sc(C)c1-c1ccccc1. The molecule has 2 aromatic carbocycles. The molecule has 0 fully saturated rings. The van der Waals surface area contributed by atoms with Gasteiger partial charge in [0.25, 0.3) is 5.91 Å².